The Bertz CT molecular complexity index is 478. The lowest BCUT2D eigenvalue weighted by molar-refractivity contribution is -0.334. The molecule has 0 aliphatic heterocycles. The predicted octanol–water partition coefficient (Wildman–Crippen LogP) is 1.37. The Hall–Kier alpha value is -1.03. The third-order valence-electron chi connectivity index (χ3n) is 2.46. The van der Waals surface area contributed by atoms with Gasteiger partial charge in [0.1, 0.15) is 6.54 Å². The second kappa shape index (κ2) is 5.74. The summed E-state index contributed by atoms with van der Waals surface area (Å²) in [5.41, 5.74) is 0.377. The maximum atomic E-state index is 11.0. The fourth-order valence-corrected chi connectivity index (χ4v) is 2.24. The zero-order valence-electron chi connectivity index (χ0n) is 10.2. The zero-order valence-corrected chi connectivity index (χ0v) is 11.0. The fraction of sp³-hybridized carbons (Fsp3) is 0.400. The lowest BCUT2D eigenvalue weighted by Gasteiger charge is -2.34. The fourth-order valence-electron chi connectivity index (χ4n) is 1.66. The van der Waals surface area contributed by atoms with Gasteiger partial charge in [0.15, 0.2) is 5.69 Å². The van der Waals surface area contributed by atoms with Gasteiger partial charge >= 0.3 is 10.4 Å². The summed E-state index contributed by atoms with van der Waals surface area (Å²) in [5.74, 6) is 0. The van der Waals surface area contributed by atoms with Crippen LogP contribution in [-0.4, -0.2) is 36.4 Å². The molecule has 1 rings (SSSR count). The van der Waals surface area contributed by atoms with E-state index in [-0.39, 0.29) is 13.1 Å². The highest BCUT2D eigenvalue weighted by Gasteiger charge is 2.43. The van der Waals surface area contributed by atoms with Gasteiger partial charge in [-0.25, -0.2) is 0 Å². The quantitative estimate of drug-likeness (QED) is 0.464. The normalized spacial score (nSPS) is 15.6. The molecule has 0 heterocycles. The van der Waals surface area contributed by atoms with Gasteiger partial charge in [0, 0.05) is 17.3 Å². The van der Waals surface area contributed by atoms with Gasteiger partial charge < -0.3 is 0 Å². The van der Waals surface area contributed by atoms with Crippen LogP contribution in [0.4, 0.5) is 5.69 Å². The maximum Gasteiger partial charge on any atom is 0.444 e. The molecule has 0 radical (unpaired) electrons. The van der Waals surface area contributed by atoms with Gasteiger partial charge in [-0.2, -0.15) is 8.42 Å². The first-order chi connectivity index (χ1) is 8.35. The molecule has 102 valence electrons. The van der Waals surface area contributed by atoms with E-state index in [2.05, 4.69) is 4.28 Å². The van der Waals surface area contributed by atoms with Crippen LogP contribution in [0.3, 0.4) is 0 Å². The standard InChI is InChI=1S/C10H16N2O5S/c1-3-11(13)12(4-2,17-18(14,15)16)10-8-6-5-7-9-10/h5-9,13H,3-4H2,1-2H3/p+1/t12-/m0/s1. The number of hydrogen-bond acceptors (Lipinski definition) is 5. The average molecular weight is 277 g/mol. The van der Waals surface area contributed by atoms with Crippen LogP contribution < -0.4 is 4.76 Å². The predicted molar refractivity (Wildman–Crippen MR) is 65.6 cm³/mol. The van der Waals surface area contributed by atoms with Crippen molar-refractivity contribution in [3.8, 4) is 0 Å². The molecular formula is C10H17N2O5S+. The molecule has 1 aromatic carbocycles. The number of rotatable bonds is 6. The molecule has 0 amide bonds. The molecule has 0 aliphatic rings. The van der Waals surface area contributed by atoms with Crippen LogP contribution in [0.5, 0.6) is 0 Å². The molecular weight excluding hydrogens is 260 g/mol. The monoisotopic (exact) mass is 277 g/mol. The van der Waals surface area contributed by atoms with Gasteiger partial charge in [0.2, 0.25) is 0 Å². The molecule has 0 saturated carbocycles. The number of benzene rings is 1. The van der Waals surface area contributed by atoms with Crippen molar-refractivity contribution in [3.63, 3.8) is 0 Å². The Morgan fingerprint density at radius 1 is 1.28 bits per heavy atom. The van der Waals surface area contributed by atoms with Crippen molar-refractivity contribution in [2.24, 2.45) is 0 Å². The van der Waals surface area contributed by atoms with Crippen molar-refractivity contribution >= 4 is 16.1 Å². The van der Waals surface area contributed by atoms with Crippen molar-refractivity contribution in [3.05, 3.63) is 30.3 Å². The summed E-state index contributed by atoms with van der Waals surface area (Å²) >= 11 is 0. The summed E-state index contributed by atoms with van der Waals surface area (Å²) in [6.07, 6.45) is 0. The minimum Gasteiger partial charge on any atom is -0.266 e. The SMILES string of the molecule is CCN(O)[N@@+](CC)(OS(=O)(=O)O)c1ccccc1. The van der Waals surface area contributed by atoms with Crippen molar-refractivity contribution < 1.29 is 22.5 Å². The van der Waals surface area contributed by atoms with E-state index >= 15 is 0 Å². The van der Waals surface area contributed by atoms with Crippen molar-refractivity contribution in [1.29, 1.82) is 0 Å². The number of nitrogens with zero attached hydrogens (tertiary/aromatic N) is 2. The summed E-state index contributed by atoms with van der Waals surface area (Å²) in [5, 5.41) is 10.6. The minimum atomic E-state index is -4.73. The molecule has 7 nitrogen and oxygen atoms in total. The molecule has 0 aliphatic carbocycles. The van der Waals surface area contributed by atoms with Gasteiger partial charge in [-0.05, 0) is 22.9 Å². The second-order valence-electron chi connectivity index (χ2n) is 3.54. The van der Waals surface area contributed by atoms with Crippen LogP contribution in [0, 0.1) is 0 Å². The molecule has 0 spiro atoms. The van der Waals surface area contributed by atoms with Gasteiger partial charge in [-0.3, -0.25) is 9.76 Å². The zero-order chi connectivity index (χ0) is 13.8. The highest BCUT2D eigenvalue weighted by atomic mass is 32.3. The van der Waals surface area contributed by atoms with E-state index in [9.17, 15) is 13.6 Å². The lowest BCUT2D eigenvalue weighted by Crippen LogP contribution is -2.61. The maximum absolute atomic E-state index is 11.0. The number of para-hydroxylation sites is 1. The van der Waals surface area contributed by atoms with E-state index in [1.54, 1.807) is 44.2 Å². The first kappa shape index (κ1) is 15.0. The molecule has 1 atom stereocenters. The summed E-state index contributed by atoms with van der Waals surface area (Å²) in [6.45, 7) is 3.43. The summed E-state index contributed by atoms with van der Waals surface area (Å²) in [6, 6.07) is 8.28. The molecule has 18 heavy (non-hydrogen) atoms. The lowest BCUT2D eigenvalue weighted by atomic mass is 10.3. The van der Waals surface area contributed by atoms with Gasteiger partial charge in [0.05, 0.1) is 6.54 Å². The minimum absolute atomic E-state index is 0.0775. The van der Waals surface area contributed by atoms with E-state index in [1.807, 2.05) is 0 Å². The smallest absolute Gasteiger partial charge is 0.266 e. The topological polar surface area (TPSA) is 87.1 Å². The Morgan fingerprint density at radius 3 is 2.22 bits per heavy atom. The van der Waals surface area contributed by atoms with E-state index in [0.717, 1.165) is 0 Å². The Balaban J connectivity index is 3.32. The van der Waals surface area contributed by atoms with Crippen LogP contribution in [0.2, 0.25) is 0 Å². The first-order valence-electron chi connectivity index (χ1n) is 5.45. The number of quaternary nitrogens is 1. The van der Waals surface area contributed by atoms with Crippen LogP contribution in [-0.2, 0) is 14.7 Å². The average Bonchev–Trinajstić information content (AvgIpc) is 2.35. The van der Waals surface area contributed by atoms with Crippen molar-refractivity contribution in [1.82, 2.24) is 9.93 Å². The molecule has 0 unspecified atom stereocenters. The molecule has 2 N–H and O–H groups in total. The second-order valence-corrected chi connectivity index (χ2v) is 4.55. The third kappa shape index (κ3) is 3.25. The molecule has 1 aromatic rings. The third-order valence-corrected chi connectivity index (χ3v) is 2.90. The van der Waals surface area contributed by atoms with E-state index in [1.165, 1.54) is 0 Å². The van der Waals surface area contributed by atoms with Gasteiger partial charge in [0.25, 0.3) is 0 Å². The molecule has 0 saturated heterocycles. The van der Waals surface area contributed by atoms with Crippen LogP contribution in [0.25, 0.3) is 0 Å². The Labute approximate surface area is 106 Å². The van der Waals surface area contributed by atoms with Crippen molar-refractivity contribution in [2.45, 2.75) is 13.8 Å². The number of hydroxylamine groups is 2. The van der Waals surface area contributed by atoms with Crippen molar-refractivity contribution in [2.75, 3.05) is 13.1 Å². The van der Waals surface area contributed by atoms with E-state index in [4.69, 9.17) is 4.55 Å². The van der Waals surface area contributed by atoms with Crippen LogP contribution >= 0.6 is 0 Å². The van der Waals surface area contributed by atoms with E-state index in [0.29, 0.717) is 10.9 Å². The Kier molecular flexibility index (Phi) is 4.79. The molecule has 0 bridgehead atoms. The van der Waals surface area contributed by atoms with E-state index < -0.39 is 15.2 Å². The van der Waals surface area contributed by atoms with Crippen LogP contribution in [0.15, 0.2) is 30.3 Å². The summed E-state index contributed by atoms with van der Waals surface area (Å²) < 4.78 is 34.6. The summed E-state index contributed by atoms with van der Waals surface area (Å²) in [4.78, 5) is 0. The number of hydrogen-bond donors (Lipinski definition) is 2. The first-order valence-corrected chi connectivity index (χ1v) is 6.81. The van der Waals surface area contributed by atoms with Gasteiger partial charge in [-0.15, -0.1) is 0 Å². The van der Waals surface area contributed by atoms with Crippen LogP contribution in [0.1, 0.15) is 13.8 Å². The molecule has 0 fully saturated rings. The largest absolute Gasteiger partial charge is 0.444 e. The van der Waals surface area contributed by atoms with Gasteiger partial charge in [-0.1, -0.05) is 18.2 Å². The molecule has 8 heteroatoms. The Morgan fingerprint density at radius 2 is 1.83 bits per heavy atom. The summed E-state index contributed by atoms with van der Waals surface area (Å²) in [7, 11) is -4.73. The highest BCUT2D eigenvalue weighted by Crippen LogP contribution is 2.26. The highest BCUT2D eigenvalue weighted by molar-refractivity contribution is 7.80. The molecule has 0 aromatic heterocycles.